The number of nitriles is 1. The Labute approximate surface area is 159 Å². The van der Waals surface area contributed by atoms with Crippen LogP contribution in [0.5, 0.6) is 0 Å². The van der Waals surface area contributed by atoms with E-state index in [0.717, 1.165) is 22.6 Å². The lowest BCUT2D eigenvalue weighted by atomic mass is 9.84. The van der Waals surface area contributed by atoms with Gasteiger partial charge in [-0.25, -0.2) is 0 Å². The first kappa shape index (κ1) is 17.0. The molecule has 0 aromatic carbocycles. The lowest BCUT2D eigenvalue weighted by Gasteiger charge is -2.37. The van der Waals surface area contributed by atoms with Crippen LogP contribution in [0, 0.1) is 11.3 Å². The zero-order chi connectivity index (χ0) is 18.3. The van der Waals surface area contributed by atoms with Crippen LogP contribution in [0.1, 0.15) is 24.8 Å². The van der Waals surface area contributed by atoms with Gasteiger partial charge >= 0.3 is 5.97 Å². The number of hydrogen-bond donors (Lipinski definition) is 1. The van der Waals surface area contributed by atoms with Crippen molar-refractivity contribution in [3.63, 3.8) is 0 Å². The molecular weight excluding hydrogens is 370 g/mol. The monoisotopic (exact) mass is 383 g/mol. The highest BCUT2D eigenvalue weighted by molar-refractivity contribution is 8.01. The molecule has 1 fully saturated rings. The molecule has 1 aliphatic carbocycles. The van der Waals surface area contributed by atoms with Gasteiger partial charge in [0.1, 0.15) is 10.8 Å². The number of nitrogens with zero attached hydrogens (tertiary/aromatic N) is 3. The van der Waals surface area contributed by atoms with Crippen molar-refractivity contribution in [1.29, 1.82) is 5.26 Å². The van der Waals surface area contributed by atoms with Gasteiger partial charge in [0.05, 0.1) is 21.8 Å². The maximum absolute atomic E-state index is 11.8. The first-order valence-corrected chi connectivity index (χ1v) is 9.31. The normalized spacial score (nSPS) is 15.4. The van der Waals surface area contributed by atoms with Crippen LogP contribution in [0.15, 0.2) is 47.8 Å². The number of fused-ring (bicyclic) bond motifs is 1. The molecular formula is C19H14ClN3O2S. The van der Waals surface area contributed by atoms with Crippen molar-refractivity contribution in [3.8, 4) is 17.3 Å². The van der Waals surface area contributed by atoms with Crippen LogP contribution in [0.4, 0.5) is 0 Å². The average Bonchev–Trinajstić information content (AvgIpc) is 2.98. The highest BCUT2D eigenvalue weighted by atomic mass is 35.5. The van der Waals surface area contributed by atoms with Gasteiger partial charge in [0.15, 0.2) is 0 Å². The van der Waals surface area contributed by atoms with Crippen LogP contribution in [0.2, 0.25) is 5.02 Å². The minimum absolute atomic E-state index is 0.528. The number of carboxylic acids is 1. The van der Waals surface area contributed by atoms with Crippen LogP contribution in [0.3, 0.4) is 0 Å². The Hall–Kier alpha value is -2.49. The minimum atomic E-state index is -0.773. The fourth-order valence-corrected chi connectivity index (χ4v) is 4.81. The predicted octanol–water partition coefficient (Wildman–Crippen LogP) is 4.63. The third-order valence-corrected chi connectivity index (χ3v) is 6.52. The summed E-state index contributed by atoms with van der Waals surface area (Å²) in [7, 11) is 0. The Bertz CT molecular complexity index is 1070. The Morgan fingerprint density at radius 3 is 2.85 bits per heavy atom. The van der Waals surface area contributed by atoms with E-state index in [-0.39, 0.29) is 0 Å². The fourth-order valence-electron chi connectivity index (χ4n) is 3.21. The Morgan fingerprint density at radius 2 is 2.19 bits per heavy atom. The van der Waals surface area contributed by atoms with Gasteiger partial charge in [-0.2, -0.15) is 5.26 Å². The molecule has 26 heavy (non-hydrogen) atoms. The van der Waals surface area contributed by atoms with Gasteiger partial charge in [-0.3, -0.25) is 9.78 Å². The molecule has 0 spiro atoms. The molecule has 0 atom stereocenters. The van der Waals surface area contributed by atoms with Crippen molar-refractivity contribution in [3.05, 3.63) is 53.4 Å². The number of carbonyl (C=O) groups is 1. The molecule has 3 aromatic rings. The van der Waals surface area contributed by atoms with E-state index in [1.807, 2.05) is 16.5 Å². The summed E-state index contributed by atoms with van der Waals surface area (Å²) in [5.74, 6) is -0.773. The topological polar surface area (TPSA) is 78.4 Å². The standard InChI is InChI=1S/C19H14ClN3O2S/c20-13-8-16-12(9-21)2-3-15(23(16)11-13)14-10-22-7-4-17(14)26-19(18(24)25)5-1-6-19/h2-4,7-8,10-11H,1,5-6H2,(H,24,25). The SMILES string of the molecule is N#Cc1ccc(-c2cnccc2SC2(C(=O)O)CCC2)n2cc(Cl)cc12. The minimum Gasteiger partial charge on any atom is -0.480 e. The molecule has 0 amide bonds. The first-order chi connectivity index (χ1) is 12.5. The third kappa shape index (κ3) is 2.64. The van der Waals surface area contributed by atoms with Crippen LogP contribution < -0.4 is 0 Å². The Kier molecular flexibility index (Phi) is 4.14. The van der Waals surface area contributed by atoms with Gasteiger partial charge in [0, 0.05) is 29.0 Å². The molecule has 1 aliphatic rings. The zero-order valence-corrected chi connectivity index (χ0v) is 15.2. The van der Waals surface area contributed by atoms with E-state index in [1.54, 1.807) is 30.7 Å². The van der Waals surface area contributed by atoms with Gasteiger partial charge in [0.25, 0.3) is 0 Å². The fraction of sp³-hybridized carbons (Fsp3) is 0.211. The summed E-state index contributed by atoms with van der Waals surface area (Å²) in [6.07, 6.45) is 7.40. The van der Waals surface area contributed by atoms with Crippen LogP contribution in [-0.2, 0) is 4.79 Å². The van der Waals surface area contributed by atoms with Crippen molar-refractivity contribution in [2.75, 3.05) is 0 Å². The Balaban J connectivity index is 1.87. The molecule has 5 nitrogen and oxygen atoms in total. The predicted molar refractivity (Wildman–Crippen MR) is 100 cm³/mol. The van der Waals surface area contributed by atoms with Crippen molar-refractivity contribution in [1.82, 2.24) is 9.38 Å². The van der Waals surface area contributed by atoms with Crippen LogP contribution in [-0.4, -0.2) is 25.2 Å². The number of halogens is 1. The van der Waals surface area contributed by atoms with Crippen molar-refractivity contribution in [2.45, 2.75) is 28.9 Å². The highest BCUT2D eigenvalue weighted by Gasteiger charge is 2.45. The van der Waals surface area contributed by atoms with Gasteiger partial charge in [-0.1, -0.05) is 11.6 Å². The van der Waals surface area contributed by atoms with Crippen molar-refractivity contribution in [2.24, 2.45) is 0 Å². The molecule has 7 heteroatoms. The van der Waals surface area contributed by atoms with E-state index in [1.165, 1.54) is 11.8 Å². The number of rotatable bonds is 4. The van der Waals surface area contributed by atoms with Crippen LogP contribution >= 0.6 is 23.4 Å². The molecule has 0 unspecified atom stereocenters. The maximum atomic E-state index is 11.8. The second-order valence-corrected chi connectivity index (χ2v) is 8.15. The third-order valence-electron chi connectivity index (χ3n) is 4.76. The number of aromatic nitrogens is 2. The summed E-state index contributed by atoms with van der Waals surface area (Å²) in [6.45, 7) is 0. The average molecular weight is 384 g/mol. The lowest BCUT2D eigenvalue weighted by Crippen LogP contribution is -2.41. The van der Waals surface area contributed by atoms with E-state index in [4.69, 9.17) is 11.6 Å². The maximum Gasteiger partial charge on any atom is 0.320 e. The summed E-state index contributed by atoms with van der Waals surface area (Å²) in [5.41, 5.74) is 2.89. The van der Waals surface area contributed by atoms with Crippen molar-refractivity contribution >= 4 is 34.8 Å². The largest absolute Gasteiger partial charge is 0.480 e. The molecule has 1 saturated carbocycles. The lowest BCUT2D eigenvalue weighted by molar-refractivity contribution is -0.142. The van der Waals surface area contributed by atoms with E-state index in [0.29, 0.717) is 28.9 Å². The van der Waals surface area contributed by atoms with E-state index in [2.05, 4.69) is 11.1 Å². The highest BCUT2D eigenvalue weighted by Crippen LogP contribution is 2.49. The van der Waals surface area contributed by atoms with Crippen LogP contribution in [0.25, 0.3) is 16.8 Å². The van der Waals surface area contributed by atoms with E-state index >= 15 is 0 Å². The second-order valence-electron chi connectivity index (χ2n) is 6.28. The molecule has 0 saturated heterocycles. The molecule has 0 aliphatic heterocycles. The summed E-state index contributed by atoms with van der Waals surface area (Å²) in [6, 6.07) is 9.36. The van der Waals surface area contributed by atoms with Gasteiger partial charge in [-0.05, 0) is 43.5 Å². The van der Waals surface area contributed by atoms with E-state index in [9.17, 15) is 15.2 Å². The number of thioether (sulfide) groups is 1. The smallest absolute Gasteiger partial charge is 0.320 e. The number of carboxylic acid groups (broad SMARTS) is 1. The van der Waals surface area contributed by atoms with Crippen molar-refractivity contribution < 1.29 is 9.90 Å². The molecule has 0 bridgehead atoms. The molecule has 1 N–H and O–H groups in total. The Morgan fingerprint density at radius 1 is 1.38 bits per heavy atom. The summed E-state index contributed by atoms with van der Waals surface area (Å²) in [4.78, 5) is 16.8. The molecule has 0 radical (unpaired) electrons. The van der Waals surface area contributed by atoms with Gasteiger partial charge < -0.3 is 9.51 Å². The van der Waals surface area contributed by atoms with E-state index < -0.39 is 10.7 Å². The van der Waals surface area contributed by atoms with Gasteiger partial charge in [-0.15, -0.1) is 11.8 Å². The number of aliphatic carboxylic acids is 1. The molecule has 3 heterocycles. The summed E-state index contributed by atoms with van der Waals surface area (Å²) < 4.78 is 1.09. The van der Waals surface area contributed by atoms with Gasteiger partial charge in [0.2, 0.25) is 0 Å². The molecule has 130 valence electrons. The number of pyridine rings is 2. The zero-order valence-electron chi connectivity index (χ0n) is 13.6. The second kappa shape index (κ2) is 6.35. The first-order valence-electron chi connectivity index (χ1n) is 8.11. The molecule has 4 rings (SSSR count). The molecule has 3 aromatic heterocycles. The summed E-state index contributed by atoms with van der Waals surface area (Å²) >= 11 is 7.54. The summed E-state index contributed by atoms with van der Waals surface area (Å²) in [5, 5.41) is 19.5. The number of hydrogen-bond acceptors (Lipinski definition) is 4. The quantitative estimate of drug-likeness (QED) is 0.710.